The Bertz CT molecular complexity index is 1020. The van der Waals surface area contributed by atoms with Crippen LogP contribution in [0, 0.1) is 17.2 Å². The van der Waals surface area contributed by atoms with E-state index in [1.54, 1.807) is 11.0 Å². The number of likely N-dealkylation sites (tertiary alicyclic amines) is 3. The van der Waals surface area contributed by atoms with Crippen LogP contribution < -0.4 is 5.73 Å². The maximum Gasteiger partial charge on any atom is 0.248 e. The van der Waals surface area contributed by atoms with Gasteiger partial charge in [-0.2, -0.15) is 5.26 Å². The number of hydrogen-bond acceptors (Lipinski definition) is 5. The van der Waals surface area contributed by atoms with E-state index in [1.165, 1.54) is 0 Å². The molecule has 0 radical (unpaired) electrons. The third-order valence-corrected chi connectivity index (χ3v) is 7.74. The number of nitriles is 1. The van der Waals surface area contributed by atoms with E-state index in [0.717, 1.165) is 49.8 Å². The number of rotatable bonds is 5. The first-order chi connectivity index (χ1) is 15.4. The first kappa shape index (κ1) is 21.0. The van der Waals surface area contributed by atoms with E-state index in [4.69, 9.17) is 5.73 Å². The summed E-state index contributed by atoms with van der Waals surface area (Å²) in [6.07, 6.45) is 4.14. The predicted octanol–water partition coefficient (Wildman–Crippen LogP) is 1.21. The second kappa shape index (κ2) is 7.89. The molecule has 3 aliphatic heterocycles. The Labute approximate surface area is 187 Å². The Hall–Kier alpha value is -2.92. The van der Waals surface area contributed by atoms with Crippen LogP contribution in [0.4, 0.5) is 0 Å². The molecule has 4 aliphatic rings. The van der Waals surface area contributed by atoms with Gasteiger partial charge in [-0.1, -0.05) is 13.0 Å². The number of primary amides is 1. The van der Waals surface area contributed by atoms with Crippen molar-refractivity contribution in [2.75, 3.05) is 19.6 Å². The van der Waals surface area contributed by atoms with Gasteiger partial charge in [-0.15, -0.1) is 0 Å². The van der Waals surface area contributed by atoms with Crippen LogP contribution in [0.3, 0.4) is 0 Å². The van der Waals surface area contributed by atoms with Crippen LogP contribution in [0.15, 0.2) is 18.2 Å². The maximum atomic E-state index is 13.3. The Balaban J connectivity index is 1.25. The molecular weight excluding hydrogens is 406 g/mol. The molecule has 0 saturated carbocycles. The van der Waals surface area contributed by atoms with Gasteiger partial charge in [-0.25, -0.2) is 0 Å². The van der Waals surface area contributed by atoms with Gasteiger partial charge >= 0.3 is 0 Å². The fourth-order valence-electron chi connectivity index (χ4n) is 6.21. The topological polar surface area (TPSA) is 111 Å². The van der Waals surface area contributed by atoms with E-state index in [2.05, 4.69) is 15.9 Å². The molecule has 1 aromatic carbocycles. The highest BCUT2D eigenvalue weighted by Crippen LogP contribution is 2.44. The first-order valence-corrected chi connectivity index (χ1v) is 11.6. The van der Waals surface area contributed by atoms with E-state index in [-0.39, 0.29) is 41.9 Å². The van der Waals surface area contributed by atoms with Gasteiger partial charge in [0, 0.05) is 37.2 Å². The van der Waals surface area contributed by atoms with Gasteiger partial charge in [-0.3, -0.25) is 19.3 Å². The zero-order chi connectivity index (χ0) is 22.6. The van der Waals surface area contributed by atoms with E-state index in [0.29, 0.717) is 18.7 Å². The number of nitrogens with zero attached hydrogens (tertiary/aromatic N) is 4. The van der Waals surface area contributed by atoms with Crippen molar-refractivity contribution >= 4 is 17.7 Å². The highest BCUT2D eigenvalue weighted by atomic mass is 16.2. The summed E-state index contributed by atoms with van der Waals surface area (Å²) in [6.45, 7) is 3.89. The fraction of sp³-hybridized carbons (Fsp3) is 0.583. The number of nitrogens with two attached hydrogens (primary N) is 1. The van der Waals surface area contributed by atoms with Crippen LogP contribution >= 0.6 is 0 Å². The molecule has 3 amide bonds. The van der Waals surface area contributed by atoms with Gasteiger partial charge in [0.15, 0.2) is 0 Å². The van der Waals surface area contributed by atoms with Crippen LogP contribution in [0.25, 0.3) is 0 Å². The summed E-state index contributed by atoms with van der Waals surface area (Å²) < 4.78 is 0. The van der Waals surface area contributed by atoms with Gasteiger partial charge in [0.2, 0.25) is 17.7 Å². The summed E-state index contributed by atoms with van der Waals surface area (Å²) in [5.41, 5.74) is 8.16. The van der Waals surface area contributed by atoms with Crippen molar-refractivity contribution in [2.24, 2.45) is 11.7 Å². The van der Waals surface area contributed by atoms with E-state index in [1.807, 2.05) is 19.1 Å². The predicted molar refractivity (Wildman–Crippen MR) is 116 cm³/mol. The standard InChI is InChI=1S/C24H29N5O3/c1-14(23(31)28-8-2-3-17(28)11-25)12-27-13-18-10-21(27)24(32)29(18)20-7-5-15-9-16(22(26)30)4-6-19(15)20/h4,6,9,14,17-18,20-21H,2-3,5,7-8,10,12-13H2,1H3,(H2,26,30)/t14-,17-,18-,20-,21-/m0/s1. The molecule has 5 rings (SSSR count). The molecule has 1 aromatic rings. The second-order valence-corrected chi connectivity index (χ2v) is 9.66. The third kappa shape index (κ3) is 3.27. The third-order valence-electron chi connectivity index (χ3n) is 7.74. The summed E-state index contributed by atoms with van der Waals surface area (Å²) in [5, 5.41) is 9.29. The second-order valence-electron chi connectivity index (χ2n) is 9.66. The Kier molecular flexibility index (Phi) is 5.17. The molecule has 1 aliphatic carbocycles. The Morgan fingerprint density at radius 2 is 2.09 bits per heavy atom. The average molecular weight is 436 g/mol. The number of fused-ring (bicyclic) bond motifs is 3. The number of aryl methyl sites for hydroxylation is 1. The first-order valence-electron chi connectivity index (χ1n) is 11.6. The lowest BCUT2D eigenvalue weighted by Crippen LogP contribution is -2.53. The molecule has 5 atom stereocenters. The Morgan fingerprint density at radius 3 is 2.81 bits per heavy atom. The molecule has 32 heavy (non-hydrogen) atoms. The molecule has 8 nitrogen and oxygen atoms in total. The molecule has 3 fully saturated rings. The van der Waals surface area contributed by atoms with Crippen molar-refractivity contribution in [3.05, 3.63) is 34.9 Å². The minimum absolute atomic E-state index is 0.0242. The number of piperazine rings is 1. The number of carbonyl (C=O) groups is 3. The normalized spacial score (nSPS) is 29.9. The minimum Gasteiger partial charge on any atom is -0.366 e. The van der Waals surface area contributed by atoms with Gasteiger partial charge in [0.05, 0.1) is 18.2 Å². The number of amides is 3. The number of hydrogen-bond donors (Lipinski definition) is 1. The zero-order valence-corrected chi connectivity index (χ0v) is 18.4. The highest BCUT2D eigenvalue weighted by molar-refractivity contribution is 5.93. The molecule has 168 valence electrons. The maximum absolute atomic E-state index is 13.3. The highest BCUT2D eigenvalue weighted by Gasteiger charge is 2.53. The molecule has 3 heterocycles. The summed E-state index contributed by atoms with van der Waals surface area (Å²) in [4.78, 5) is 43.6. The smallest absolute Gasteiger partial charge is 0.248 e. The van der Waals surface area contributed by atoms with Crippen molar-refractivity contribution in [3.8, 4) is 6.07 Å². The minimum atomic E-state index is -0.429. The van der Waals surface area contributed by atoms with Crippen molar-refractivity contribution in [1.82, 2.24) is 14.7 Å². The van der Waals surface area contributed by atoms with E-state index < -0.39 is 5.91 Å². The van der Waals surface area contributed by atoms with Crippen LogP contribution in [0.1, 0.15) is 60.1 Å². The molecule has 2 bridgehead atoms. The summed E-state index contributed by atoms with van der Waals surface area (Å²) >= 11 is 0. The molecule has 0 unspecified atom stereocenters. The van der Waals surface area contributed by atoms with E-state index >= 15 is 0 Å². The van der Waals surface area contributed by atoms with E-state index in [9.17, 15) is 19.6 Å². The average Bonchev–Trinajstić information content (AvgIpc) is 3.55. The molecule has 0 aromatic heterocycles. The van der Waals surface area contributed by atoms with Crippen LogP contribution in [-0.4, -0.2) is 70.2 Å². The van der Waals surface area contributed by atoms with Gasteiger partial charge < -0.3 is 15.5 Å². The van der Waals surface area contributed by atoms with Crippen molar-refractivity contribution in [2.45, 2.75) is 63.2 Å². The SMILES string of the molecule is C[C@@H](CN1C[C@@H]2C[C@H]1C(=O)N2[C@H]1CCc2cc(C(N)=O)ccc21)C(=O)N1CCC[C@H]1C#N. The van der Waals surface area contributed by atoms with Gasteiger partial charge in [0.1, 0.15) is 6.04 Å². The summed E-state index contributed by atoms with van der Waals surface area (Å²) in [7, 11) is 0. The molecule has 2 N–H and O–H groups in total. The number of carbonyl (C=O) groups excluding carboxylic acids is 3. The lowest BCUT2D eigenvalue weighted by Gasteiger charge is -2.38. The van der Waals surface area contributed by atoms with Crippen LogP contribution in [0.5, 0.6) is 0 Å². The van der Waals surface area contributed by atoms with Crippen LogP contribution in [0.2, 0.25) is 0 Å². The van der Waals surface area contributed by atoms with Gasteiger partial charge in [-0.05, 0) is 55.4 Å². The van der Waals surface area contributed by atoms with Crippen molar-refractivity contribution in [1.29, 1.82) is 5.26 Å². The monoisotopic (exact) mass is 435 g/mol. The van der Waals surface area contributed by atoms with Gasteiger partial charge in [0.25, 0.3) is 0 Å². The molecular formula is C24H29N5O3. The summed E-state index contributed by atoms with van der Waals surface area (Å²) in [5.74, 6) is -0.490. The Morgan fingerprint density at radius 1 is 1.28 bits per heavy atom. The number of benzene rings is 1. The van der Waals surface area contributed by atoms with Crippen molar-refractivity contribution < 1.29 is 14.4 Å². The molecule has 8 heteroatoms. The quantitative estimate of drug-likeness (QED) is 0.747. The van der Waals surface area contributed by atoms with Crippen molar-refractivity contribution in [3.63, 3.8) is 0 Å². The molecule has 0 spiro atoms. The zero-order valence-electron chi connectivity index (χ0n) is 18.4. The fourth-order valence-corrected chi connectivity index (χ4v) is 6.21. The van der Waals surface area contributed by atoms with Crippen LogP contribution in [-0.2, 0) is 16.0 Å². The largest absolute Gasteiger partial charge is 0.366 e. The lowest BCUT2D eigenvalue weighted by atomic mass is 10.0. The summed E-state index contributed by atoms with van der Waals surface area (Å²) in [6, 6.07) is 7.53. The molecule has 3 saturated heterocycles. The lowest BCUT2D eigenvalue weighted by molar-refractivity contribution is -0.142.